The predicted octanol–water partition coefficient (Wildman–Crippen LogP) is 4.73. The number of aromatic nitrogens is 2. The molecule has 134 valence electrons. The lowest BCUT2D eigenvalue weighted by Crippen LogP contribution is -2.13. The summed E-state index contributed by atoms with van der Waals surface area (Å²) in [4.78, 5) is 18.1. The maximum atomic E-state index is 12.7. The van der Waals surface area contributed by atoms with Gasteiger partial charge < -0.3 is 14.6 Å². The zero-order valence-corrected chi connectivity index (χ0v) is 15.2. The lowest BCUT2D eigenvalue weighted by atomic mass is 10.1. The number of amides is 1. The number of ether oxygens (including phenoxy) is 1. The van der Waals surface area contributed by atoms with Crippen LogP contribution in [0.15, 0.2) is 70.6 Å². The molecule has 0 aliphatic carbocycles. The summed E-state index contributed by atoms with van der Waals surface area (Å²) in [7, 11) is 1.53. The van der Waals surface area contributed by atoms with Crippen molar-refractivity contribution in [3.8, 4) is 27.9 Å². The summed E-state index contributed by atoms with van der Waals surface area (Å²) >= 11 is 1.53. The third kappa shape index (κ3) is 3.45. The van der Waals surface area contributed by atoms with Crippen LogP contribution in [-0.4, -0.2) is 23.2 Å². The molecular formula is C20H15N3O3S. The van der Waals surface area contributed by atoms with Gasteiger partial charge in [-0.05, 0) is 35.7 Å². The third-order valence-electron chi connectivity index (χ3n) is 3.92. The summed E-state index contributed by atoms with van der Waals surface area (Å²) < 4.78 is 10.7. The van der Waals surface area contributed by atoms with Gasteiger partial charge in [0, 0.05) is 0 Å². The predicted molar refractivity (Wildman–Crippen MR) is 104 cm³/mol. The van der Waals surface area contributed by atoms with Crippen LogP contribution in [0.4, 0.5) is 5.69 Å². The molecule has 2 heterocycles. The van der Waals surface area contributed by atoms with E-state index in [0.717, 1.165) is 4.88 Å². The molecule has 6 nitrogen and oxygen atoms in total. The number of hydrogen-bond donors (Lipinski definition) is 1. The maximum Gasteiger partial charge on any atom is 0.260 e. The first-order chi connectivity index (χ1) is 13.3. The fourth-order valence-electron chi connectivity index (χ4n) is 2.64. The Hall–Kier alpha value is -3.45. The van der Waals surface area contributed by atoms with Gasteiger partial charge in [0.25, 0.3) is 11.8 Å². The van der Waals surface area contributed by atoms with Crippen molar-refractivity contribution in [2.75, 3.05) is 12.4 Å². The van der Waals surface area contributed by atoms with Crippen LogP contribution in [0.1, 0.15) is 10.4 Å². The second kappa shape index (κ2) is 7.43. The van der Waals surface area contributed by atoms with E-state index >= 15 is 0 Å². The van der Waals surface area contributed by atoms with E-state index in [1.165, 1.54) is 18.4 Å². The van der Waals surface area contributed by atoms with Crippen molar-refractivity contribution >= 4 is 22.9 Å². The summed E-state index contributed by atoms with van der Waals surface area (Å²) in [6.07, 6.45) is 0. The zero-order chi connectivity index (χ0) is 18.6. The largest absolute Gasteiger partial charge is 0.496 e. The van der Waals surface area contributed by atoms with E-state index in [4.69, 9.17) is 9.26 Å². The zero-order valence-electron chi connectivity index (χ0n) is 14.4. The van der Waals surface area contributed by atoms with Crippen LogP contribution >= 0.6 is 11.3 Å². The molecule has 0 fully saturated rings. The lowest BCUT2D eigenvalue weighted by Gasteiger charge is -2.11. The fraction of sp³-hybridized carbons (Fsp3) is 0.0500. The number of nitrogens with one attached hydrogen (secondary N) is 1. The number of para-hydroxylation sites is 2. The second-order valence-corrected chi connectivity index (χ2v) is 6.55. The average molecular weight is 377 g/mol. The summed E-state index contributed by atoms with van der Waals surface area (Å²) in [5.74, 6) is 1.09. The molecule has 0 saturated carbocycles. The number of rotatable bonds is 5. The summed E-state index contributed by atoms with van der Waals surface area (Å²) in [6.45, 7) is 0. The summed E-state index contributed by atoms with van der Waals surface area (Å²) in [5, 5.41) is 8.88. The number of nitrogens with zero attached hydrogens (tertiary/aromatic N) is 2. The topological polar surface area (TPSA) is 77.2 Å². The van der Waals surface area contributed by atoms with Gasteiger partial charge in [-0.3, -0.25) is 4.79 Å². The minimum absolute atomic E-state index is 0.280. The Kier molecular flexibility index (Phi) is 4.67. The monoisotopic (exact) mass is 377 g/mol. The molecule has 4 aromatic rings. The molecule has 0 aliphatic heterocycles. The van der Waals surface area contributed by atoms with E-state index < -0.39 is 0 Å². The van der Waals surface area contributed by atoms with Gasteiger partial charge in [-0.15, -0.1) is 11.3 Å². The van der Waals surface area contributed by atoms with Crippen LogP contribution in [0, 0.1) is 0 Å². The Balaban J connectivity index is 1.65. The molecule has 2 aromatic carbocycles. The normalized spacial score (nSPS) is 10.6. The van der Waals surface area contributed by atoms with Crippen molar-refractivity contribution in [3.05, 3.63) is 71.6 Å². The molecule has 1 N–H and O–H groups in total. The highest BCUT2D eigenvalue weighted by molar-refractivity contribution is 7.13. The van der Waals surface area contributed by atoms with E-state index in [1.807, 2.05) is 41.8 Å². The van der Waals surface area contributed by atoms with Crippen LogP contribution in [0.2, 0.25) is 0 Å². The van der Waals surface area contributed by atoms with Crippen molar-refractivity contribution < 1.29 is 14.1 Å². The standard InChI is InChI=1S/C20H15N3O3S/c1-25-16-10-5-3-8-14(16)19(24)21-15-9-4-2-7-13(15)20-22-18(23-26-20)17-11-6-12-27-17/h2-12H,1H3,(H,21,24). The van der Waals surface area contributed by atoms with Gasteiger partial charge in [0.15, 0.2) is 0 Å². The molecule has 7 heteroatoms. The summed E-state index contributed by atoms with van der Waals surface area (Å²) in [6, 6.07) is 18.2. The molecule has 0 aliphatic rings. The number of hydrogen-bond acceptors (Lipinski definition) is 6. The molecular weight excluding hydrogens is 362 g/mol. The first kappa shape index (κ1) is 17.0. The minimum atomic E-state index is -0.280. The van der Waals surface area contributed by atoms with Gasteiger partial charge in [0.05, 0.1) is 28.8 Å². The molecule has 0 spiro atoms. The number of benzene rings is 2. The van der Waals surface area contributed by atoms with Gasteiger partial charge in [-0.2, -0.15) is 4.98 Å². The first-order valence-corrected chi connectivity index (χ1v) is 9.05. The Morgan fingerprint density at radius 1 is 1.07 bits per heavy atom. The molecule has 0 bridgehead atoms. The number of carbonyl (C=O) groups excluding carboxylic acids is 1. The Morgan fingerprint density at radius 2 is 1.89 bits per heavy atom. The molecule has 27 heavy (non-hydrogen) atoms. The first-order valence-electron chi connectivity index (χ1n) is 8.17. The SMILES string of the molecule is COc1ccccc1C(=O)Nc1ccccc1-c1nc(-c2cccs2)no1. The van der Waals surface area contributed by atoms with Crippen LogP contribution in [-0.2, 0) is 0 Å². The molecule has 2 aromatic heterocycles. The molecule has 4 rings (SSSR count). The molecule has 0 atom stereocenters. The van der Waals surface area contributed by atoms with Gasteiger partial charge in [-0.25, -0.2) is 0 Å². The molecule has 0 saturated heterocycles. The quantitative estimate of drug-likeness (QED) is 0.544. The highest BCUT2D eigenvalue weighted by atomic mass is 32.1. The van der Waals surface area contributed by atoms with Crippen LogP contribution in [0.5, 0.6) is 5.75 Å². The smallest absolute Gasteiger partial charge is 0.260 e. The van der Waals surface area contributed by atoms with Crippen molar-refractivity contribution in [3.63, 3.8) is 0 Å². The molecule has 0 unspecified atom stereocenters. The van der Waals surface area contributed by atoms with Crippen LogP contribution in [0.25, 0.3) is 22.2 Å². The van der Waals surface area contributed by atoms with E-state index in [9.17, 15) is 4.79 Å². The van der Waals surface area contributed by atoms with Gasteiger partial charge in [0.2, 0.25) is 5.82 Å². The minimum Gasteiger partial charge on any atom is -0.496 e. The lowest BCUT2D eigenvalue weighted by molar-refractivity contribution is 0.102. The number of thiophene rings is 1. The van der Waals surface area contributed by atoms with E-state index in [-0.39, 0.29) is 5.91 Å². The van der Waals surface area contributed by atoms with E-state index in [2.05, 4.69) is 15.5 Å². The highest BCUT2D eigenvalue weighted by Crippen LogP contribution is 2.30. The molecule has 1 amide bonds. The second-order valence-electron chi connectivity index (χ2n) is 5.60. The third-order valence-corrected chi connectivity index (χ3v) is 4.79. The van der Waals surface area contributed by atoms with Crippen LogP contribution in [0.3, 0.4) is 0 Å². The van der Waals surface area contributed by atoms with Crippen molar-refractivity contribution in [2.45, 2.75) is 0 Å². The van der Waals surface area contributed by atoms with Crippen molar-refractivity contribution in [2.24, 2.45) is 0 Å². The summed E-state index contributed by atoms with van der Waals surface area (Å²) in [5.41, 5.74) is 1.67. The van der Waals surface area contributed by atoms with Crippen LogP contribution < -0.4 is 10.1 Å². The average Bonchev–Trinajstić information content (AvgIpc) is 3.40. The van der Waals surface area contributed by atoms with Gasteiger partial charge >= 0.3 is 0 Å². The number of anilines is 1. The fourth-order valence-corrected chi connectivity index (χ4v) is 3.29. The van der Waals surface area contributed by atoms with Gasteiger partial charge in [0.1, 0.15) is 5.75 Å². The van der Waals surface area contributed by atoms with E-state index in [1.54, 1.807) is 24.3 Å². The Morgan fingerprint density at radius 3 is 2.70 bits per heavy atom. The Bertz CT molecular complexity index is 1070. The number of methoxy groups -OCH3 is 1. The maximum absolute atomic E-state index is 12.7. The van der Waals surface area contributed by atoms with Crippen molar-refractivity contribution in [1.29, 1.82) is 0 Å². The Labute approximate surface area is 159 Å². The molecule has 0 radical (unpaired) electrons. The highest BCUT2D eigenvalue weighted by Gasteiger charge is 2.17. The van der Waals surface area contributed by atoms with Crippen molar-refractivity contribution in [1.82, 2.24) is 10.1 Å². The number of carbonyl (C=O) groups is 1. The van der Waals surface area contributed by atoms with Gasteiger partial charge in [-0.1, -0.05) is 35.5 Å². The van der Waals surface area contributed by atoms with E-state index in [0.29, 0.717) is 34.3 Å².